The van der Waals surface area contributed by atoms with Crippen molar-refractivity contribution in [3.63, 3.8) is 0 Å². The molecule has 0 N–H and O–H groups in total. The number of rotatable bonds is 5. The molecule has 1 aromatic rings. The Kier molecular flexibility index (Phi) is 5.34. The van der Waals surface area contributed by atoms with Gasteiger partial charge in [0.15, 0.2) is 0 Å². The van der Waals surface area contributed by atoms with Crippen LogP contribution in [0.2, 0.25) is 5.02 Å². The van der Waals surface area contributed by atoms with Crippen molar-refractivity contribution in [2.45, 2.75) is 26.2 Å². The third-order valence-corrected chi connectivity index (χ3v) is 5.23. The summed E-state index contributed by atoms with van der Waals surface area (Å²) in [6.07, 6.45) is 3.40. The van der Waals surface area contributed by atoms with E-state index in [0.29, 0.717) is 10.7 Å². The second-order valence-electron chi connectivity index (χ2n) is 5.60. The summed E-state index contributed by atoms with van der Waals surface area (Å²) in [5.41, 5.74) is 1.34. The van der Waals surface area contributed by atoms with E-state index in [9.17, 15) is 13.2 Å². The standard InChI is InChI=1S/C15H21ClN2O3S/c1-12-11-13(16)5-6-14(12)18(22(2,20)21)10-7-15(19)17-8-3-4-9-17/h5-6,11H,3-4,7-10H2,1-2H3. The Morgan fingerprint density at radius 3 is 2.50 bits per heavy atom. The molecule has 22 heavy (non-hydrogen) atoms. The molecule has 1 aliphatic rings. The zero-order valence-electron chi connectivity index (χ0n) is 12.9. The number of likely N-dealkylation sites (tertiary alicyclic amines) is 1. The van der Waals surface area contributed by atoms with Crippen molar-refractivity contribution in [2.24, 2.45) is 0 Å². The minimum Gasteiger partial charge on any atom is -0.343 e. The van der Waals surface area contributed by atoms with Gasteiger partial charge in [0, 0.05) is 31.1 Å². The fourth-order valence-electron chi connectivity index (χ4n) is 2.69. The molecule has 0 aromatic heterocycles. The van der Waals surface area contributed by atoms with Gasteiger partial charge in [-0.3, -0.25) is 9.10 Å². The summed E-state index contributed by atoms with van der Waals surface area (Å²) in [7, 11) is -3.45. The summed E-state index contributed by atoms with van der Waals surface area (Å²) in [5.74, 6) is 0.0118. The molecule has 2 rings (SSSR count). The first kappa shape index (κ1) is 17.1. The van der Waals surface area contributed by atoms with Gasteiger partial charge in [-0.2, -0.15) is 0 Å². The van der Waals surface area contributed by atoms with E-state index >= 15 is 0 Å². The number of carbonyl (C=O) groups excluding carboxylic acids is 1. The highest BCUT2D eigenvalue weighted by Gasteiger charge is 2.23. The van der Waals surface area contributed by atoms with Gasteiger partial charge < -0.3 is 4.90 Å². The second-order valence-corrected chi connectivity index (χ2v) is 7.95. The van der Waals surface area contributed by atoms with Crippen LogP contribution in [0.15, 0.2) is 18.2 Å². The average molecular weight is 345 g/mol. The van der Waals surface area contributed by atoms with Crippen LogP contribution in [0, 0.1) is 6.92 Å². The number of anilines is 1. The predicted octanol–water partition coefficient (Wildman–Crippen LogP) is 2.43. The molecule has 0 bridgehead atoms. The second kappa shape index (κ2) is 6.87. The first-order chi connectivity index (χ1) is 10.3. The highest BCUT2D eigenvalue weighted by atomic mass is 35.5. The summed E-state index contributed by atoms with van der Waals surface area (Å²) in [4.78, 5) is 13.9. The molecule has 0 unspecified atom stereocenters. The van der Waals surface area contributed by atoms with E-state index in [-0.39, 0.29) is 18.9 Å². The van der Waals surface area contributed by atoms with E-state index in [4.69, 9.17) is 11.6 Å². The maximum Gasteiger partial charge on any atom is 0.232 e. The zero-order valence-corrected chi connectivity index (χ0v) is 14.5. The molecule has 1 aliphatic heterocycles. The van der Waals surface area contributed by atoms with E-state index < -0.39 is 10.0 Å². The van der Waals surface area contributed by atoms with Crippen LogP contribution in [0.1, 0.15) is 24.8 Å². The maximum absolute atomic E-state index is 12.1. The molecule has 1 aromatic carbocycles. The zero-order chi connectivity index (χ0) is 16.3. The lowest BCUT2D eigenvalue weighted by atomic mass is 10.2. The fourth-order valence-corrected chi connectivity index (χ4v) is 3.90. The van der Waals surface area contributed by atoms with Gasteiger partial charge in [-0.05, 0) is 43.5 Å². The lowest BCUT2D eigenvalue weighted by Crippen LogP contribution is -2.36. The van der Waals surface area contributed by atoms with Gasteiger partial charge in [-0.15, -0.1) is 0 Å². The Bertz CT molecular complexity index is 655. The van der Waals surface area contributed by atoms with Crippen molar-refractivity contribution < 1.29 is 13.2 Å². The number of amides is 1. The first-order valence-electron chi connectivity index (χ1n) is 7.30. The molecule has 0 spiro atoms. The molecule has 0 saturated carbocycles. The van der Waals surface area contributed by atoms with Gasteiger partial charge in [0.2, 0.25) is 15.9 Å². The lowest BCUT2D eigenvalue weighted by molar-refractivity contribution is -0.129. The van der Waals surface area contributed by atoms with Gasteiger partial charge >= 0.3 is 0 Å². The van der Waals surface area contributed by atoms with E-state index in [1.165, 1.54) is 4.31 Å². The van der Waals surface area contributed by atoms with E-state index in [2.05, 4.69) is 0 Å². The quantitative estimate of drug-likeness (QED) is 0.824. The van der Waals surface area contributed by atoms with Crippen LogP contribution in [0.5, 0.6) is 0 Å². The molecule has 0 aliphatic carbocycles. The average Bonchev–Trinajstić information content (AvgIpc) is 2.93. The number of carbonyl (C=O) groups is 1. The normalized spacial score (nSPS) is 15.1. The van der Waals surface area contributed by atoms with Crippen molar-refractivity contribution in [1.82, 2.24) is 4.90 Å². The summed E-state index contributed by atoms with van der Waals surface area (Å²) in [5, 5.41) is 0.558. The van der Waals surface area contributed by atoms with Crippen LogP contribution in [0.3, 0.4) is 0 Å². The number of nitrogens with zero attached hydrogens (tertiary/aromatic N) is 2. The molecule has 122 valence electrons. The Hall–Kier alpha value is -1.27. The van der Waals surface area contributed by atoms with E-state index in [1.807, 2.05) is 6.92 Å². The van der Waals surface area contributed by atoms with Gasteiger partial charge in [-0.1, -0.05) is 11.6 Å². The van der Waals surface area contributed by atoms with Crippen LogP contribution in [0.25, 0.3) is 0 Å². The third-order valence-electron chi connectivity index (χ3n) is 3.82. The Morgan fingerprint density at radius 1 is 1.32 bits per heavy atom. The van der Waals surface area contributed by atoms with Crippen molar-refractivity contribution >= 4 is 33.2 Å². The van der Waals surface area contributed by atoms with Crippen molar-refractivity contribution in [3.8, 4) is 0 Å². The summed E-state index contributed by atoms with van der Waals surface area (Å²) < 4.78 is 25.4. The van der Waals surface area contributed by atoms with Gasteiger partial charge in [0.1, 0.15) is 0 Å². The van der Waals surface area contributed by atoms with E-state index in [1.54, 1.807) is 23.1 Å². The maximum atomic E-state index is 12.1. The van der Waals surface area contributed by atoms with Crippen LogP contribution >= 0.6 is 11.6 Å². The fraction of sp³-hybridized carbons (Fsp3) is 0.533. The molecular formula is C15H21ClN2O3S. The first-order valence-corrected chi connectivity index (χ1v) is 9.53. The predicted molar refractivity (Wildman–Crippen MR) is 88.8 cm³/mol. The molecular weight excluding hydrogens is 324 g/mol. The minimum absolute atomic E-state index is 0.0118. The van der Waals surface area contributed by atoms with Crippen LogP contribution in [-0.4, -0.2) is 45.1 Å². The molecule has 1 saturated heterocycles. The van der Waals surface area contributed by atoms with Crippen LogP contribution in [-0.2, 0) is 14.8 Å². The summed E-state index contributed by atoms with van der Waals surface area (Å²) in [6, 6.07) is 5.06. The monoisotopic (exact) mass is 344 g/mol. The molecule has 1 heterocycles. The molecule has 5 nitrogen and oxygen atoms in total. The Morgan fingerprint density at radius 2 is 1.95 bits per heavy atom. The summed E-state index contributed by atoms with van der Waals surface area (Å²) >= 11 is 5.92. The van der Waals surface area contributed by atoms with E-state index in [0.717, 1.165) is 37.8 Å². The largest absolute Gasteiger partial charge is 0.343 e. The number of hydrogen-bond donors (Lipinski definition) is 0. The SMILES string of the molecule is Cc1cc(Cl)ccc1N(CCC(=O)N1CCCC1)S(C)(=O)=O. The summed E-state index contributed by atoms with van der Waals surface area (Å²) in [6.45, 7) is 3.51. The number of hydrogen-bond acceptors (Lipinski definition) is 3. The topological polar surface area (TPSA) is 57.7 Å². The lowest BCUT2D eigenvalue weighted by Gasteiger charge is -2.25. The van der Waals surface area contributed by atoms with Gasteiger partial charge in [-0.25, -0.2) is 8.42 Å². The van der Waals surface area contributed by atoms with Crippen molar-refractivity contribution in [3.05, 3.63) is 28.8 Å². The number of benzene rings is 1. The van der Waals surface area contributed by atoms with Crippen molar-refractivity contribution in [2.75, 3.05) is 30.2 Å². The number of aryl methyl sites for hydroxylation is 1. The number of sulfonamides is 1. The third kappa shape index (κ3) is 4.14. The highest BCUT2D eigenvalue weighted by molar-refractivity contribution is 7.92. The Balaban J connectivity index is 2.15. The Labute approximate surface area is 136 Å². The number of halogens is 1. The van der Waals surface area contributed by atoms with Crippen LogP contribution in [0.4, 0.5) is 5.69 Å². The molecule has 0 atom stereocenters. The highest BCUT2D eigenvalue weighted by Crippen LogP contribution is 2.26. The van der Waals surface area contributed by atoms with Crippen LogP contribution < -0.4 is 4.31 Å². The van der Waals surface area contributed by atoms with Gasteiger partial charge in [0.25, 0.3) is 0 Å². The van der Waals surface area contributed by atoms with Gasteiger partial charge in [0.05, 0.1) is 11.9 Å². The molecule has 1 amide bonds. The van der Waals surface area contributed by atoms with Crippen molar-refractivity contribution in [1.29, 1.82) is 0 Å². The molecule has 0 radical (unpaired) electrons. The smallest absolute Gasteiger partial charge is 0.232 e. The molecule has 1 fully saturated rings. The molecule has 7 heteroatoms. The minimum atomic E-state index is -3.45.